The summed E-state index contributed by atoms with van der Waals surface area (Å²) in [6, 6.07) is 0. The van der Waals surface area contributed by atoms with E-state index in [1.54, 1.807) is 0 Å². The third-order valence-electron chi connectivity index (χ3n) is 1.40. The molecule has 0 aliphatic heterocycles. The van der Waals surface area contributed by atoms with Crippen LogP contribution in [0.5, 0.6) is 0 Å². The van der Waals surface area contributed by atoms with Crippen molar-refractivity contribution in [2.45, 2.75) is 16.6 Å². The zero-order valence-electron chi connectivity index (χ0n) is 6.73. The molecule has 0 spiro atoms. The lowest BCUT2D eigenvalue weighted by molar-refractivity contribution is 0.785. The molecule has 1 heterocycles. The Morgan fingerprint density at radius 1 is 1.38 bits per heavy atom. The number of aryl methyl sites for hydroxylation is 1. The summed E-state index contributed by atoms with van der Waals surface area (Å²) in [7, 11) is 0. The number of H-pyrrole nitrogens is 1. The Morgan fingerprint density at radius 3 is 2.54 bits per heavy atom. The van der Waals surface area contributed by atoms with Gasteiger partial charge in [-0.2, -0.15) is 5.10 Å². The van der Waals surface area contributed by atoms with Crippen molar-refractivity contribution in [3.63, 3.8) is 0 Å². The van der Waals surface area contributed by atoms with E-state index in [2.05, 4.69) is 15.2 Å². The molecule has 13 heavy (non-hydrogen) atoms. The maximum Gasteiger partial charge on any atom is 0.251 e. The summed E-state index contributed by atoms with van der Waals surface area (Å²) in [5.74, 6) is 0.858. The third kappa shape index (κ3) is 3.31. The molecule has 74 valence electrons. The van der Waals surface area contributed by atoms with Crippen LogP contribution in [0.15, 0.2) is 0 Å². The van der Waals surface area contributed by atoms with E-state index < -0.39 is 3.79 Å². The van der Waals surface area contributed by atoms with Gasteiger partial charge < -0.3 is 5.73 Å². The third-order valence-corrected chi connectivity index (χ3v) is 1.91. The van der Waals surface area contributed by atoms with Crippen molar-refractivity contribution in [2.24, 2.45) is 5.73 Å². The number of aromatic nitrogens is 3. The van der Waals surface area contributed by atoms with Crippen LogP contribution in [0.3, 0.4) is 0 Å². The lowest BCUT2D eigenvalue weighted by Crippen LogP contribution is -2.03. The molecule has 0 bridgehead atoms. The van der Waals surface area contributed by atoms with Crippen LogP contribution in [0.1, 0.15) is 18.1 Å². The molecule has 4 nitrogen and oxygen atoms in total. The Balaban J connectivity index is 2.64. The van der Waals surface area contributed by atoms with Crippen molar-refractivity contribution in [2.75, 3.05) is 6.54 Å². The van der Waals surface area contributed by atoms with Gasteiger partial charge in [-0.05, 0) is 13.0 Å². The van der Waals surface area contributed by atoms with E-state index in [0.29, 0.717) is 18.8 Å². The van der Waals surface area contributed by atoms with E-state index in [0.717, 1.165) is 6.42 Å². The molecule has 1 rings (SSSR count). The van der Waals surface area contributed by atoms with Gasteiger partial charge >= 0.3 is 0 Å². The van der Waals surface area contributed by atoms with E-state index in [-0.39, 0.29) is 5.82 Å². The van der Waals surface area contributed by atoms with Gasteiger partial charge in [0.15, 0.2) is 0 Å². The number of nitrogens with one attached hydrogen (secondary N) is 1. The van der Waals surface area contributed by atoms with Crippen LogP contribution in [0, 0.1) is 0 Å². The molecule has 0 atom stereocenters. The van der Waals surface area contributed by atoms with Gasteiger partial charge in [0, 0.05) is 6.42 Å². The topological polar surface area (TPSA) is 67.6 Å². The molecule has 0 saturated heterocycles. The number of hydrogen-bond acceptors (Lipinski definition) is 3. The minimum Gasteiger partial charge on any atom is -0.330 e. The van der Waals surface area contributed by atoms with E-state index in [1.165, 1.54) is 0 Å². The van der Waals surface area contributed by atoms with E-state index >= 15 is 0 Å². The smallest absolute Gasteiger partial charge is 0.251 e. The van der Waals surface area contributed by atoms with Gasteiger partial charge in [0.1, 0.15) is 5.82 Å². The van der Waals surface area contributed by atoms with Gasteiger partial charge in [0.25, 0.3) is 3.79 Å². The minimum absolute atomic E-state index is 0.171. The van der Waals surface area contributed by atoms with Crippen LogP contribution in [0.25, 0.3) is 0 Å². The van der Waals surface area contributed by atoms with Crippen molar-refractivity contribution in [3.8, 4) is 0 Å². The van der Waals surface area contributed by atoms with Crippen molar-refractivity contribution < 1.29 is 0 Å². The van der Waals surface area contributed by atoms with Crippen LogP contribution in [-0.2, 0) is 10.2 Å². The lowest BCUT2D eigenvalue weighted by atomic mass is 10.3. The van der Waals surface area contributed by atoms with Gasteiger partial charge in [-0.25, -0.2) is 4.98 Å². The Kier molecular flexibility index (Phi) is 3.79. The number of hydrogen-bond donors (Lipinski definition) is 2. The Bertz CT molecular complexity index is 267. The fourth-order valence-electron chi connectivity index (χ4n) is 0.803. The molecule has 3 N–H and O–H groups in total. The fraction of sp³-hybridized carbons (Fsp3) is 0.667. The van der Waals surface area contributed by atoms with Crippen LogP contribution in [0.4, 0.5) is 0 Å². The minimum atomic E-state index is -1.56. The fourth-order valence-corrected chi connectivity index (χ4v) is 1.06. The molecule has 1 aromatic rings. The van der Waals surface area contributed by atoms with Crippen molar-refractivity contribution in [1.82, 2.24) is 15.2 Å². The second kappa shape index (κ2) is 4.46. The average molecular weight is 244 g/mol. The van der Waals surface area contributed by atoms with Gasteiger partial charge in [-0.1, -0.05) is 34.8 Å². The maximum atomic E-state index is 5.57. The monoisotopic (exact) mass is 242 g/mol. The van der Waals surface area contributed by atoms with Crippen LogP contribution in [-0.4, -0.2) is 21.7 Å². The van der Waals surface area contributed by atoms with Gasteiger partial charge in [0.2, 0.25) is 5.82 Å². The number of rotatable bonds is 3. The molecule has 7 heteroatoms. The summed E-state index contributed by atoms with van der Waals surface area (Å²) in [6.07, 6.45) is 1.54. The normalized spacial score (nSPS) is 12.0. The zero-order valence-corrected chi connectivity index (χ0v) is 8.99. The molecule has 0 amide bonds. The van der Waals surface area contributed by atoms with Gasteiger partial charge in [-0.3, -0.25) is 5.10 Å². The predicted octanol–water partition coefficient (Wildman–Crippen LogP) is 1.52. The average Bonchev–Trinajstić information content (AvgIpc) is 2.47. The molecule has 0 aromatic carbocycles. The second-order valence-corrected chi connectivity index (χ2v) is 4.78. The lowest BCUT2D eigenvalue weighted by Gasteiger charge is -2.02. The number of halogens is 3. The summed E-state index contributed by atoms with van der Waals surface area (Å²) in [6.45, 7) is 0.601. The highest BCUT2D eigenvalue weighted by Gasteiger charge is 2.27. The van der Waals surface area contributed by atoms with Crippen molar-refractivity contribution >= 4 is 34.8 Å². The molecule has 0 aliphatic rings. The molecular formula is C6H9Cl3N4. The highest BCUT2D eigenvalue weighted by Crippen LogP contribution is 2.35. The summed E-state index contributed by atoms with van der Waals surface area (Å²) in [4.78, 5) is 4.00. The number of alkyl halides is 3. The van der Waals surface area contributed by atoms with Crippen LogP contribution < -0.4 is 5.73 Å². The summed E-state index contributed by atoms with van der Waals surface area (Å²) < 4.78 is -1.56. The van der Waals surface area contributed by atoms with Gasteiger partial charge in [0.05, 0.1) is 0 Å². The Labute approximate surface area is 90.8 Å². The first kappa shape index (κ1) is 11.0. The number of aromatic amines is 1. The maximum absolute atomic E-state index is 5.57. The Hall–Kier alpha value is -0.0300. The van der Waals surface area contributed by atoms with E-state index in [4.69, 9.17) is 40.5 Å². The molecule has 0 aliphatic carbocycles. The first-order valence-electron chi connectivity index (χ1n) is 3.72. The van der Waals surface area contributed by atoms with E-state index in [1.807, 2.05) is 0 Å². The Morgan fingerprint density at radius 2 is 2.08 bits per heavy atom. The van der Waals surface area contributed by atoms with Crippen molar-refractivity contribution in [3.05, 3.63) is 11.6 Å². The summed E-state index contributed by atoms with van der Waals surface area (Å²) in [5.41, 5.74) is 5.33. The molecule has 0 fully saturated rings. The zero-order chi connectivity index (χ0) is 9.90. The standard InChI is InChI=1S/C6H9Cl3N4/c7-6(8,9)5-11-4(12-13-5)2-1-3-10/h1-3,10H2,(H,11,12,13). The molecule has 1 aromatic heterocycles. The first-order valence-corrected chi connectivity index (χ1v) is 4.86. The highest BCUT2D eigenvalue weighted by molar-refractivity contribution is 6.66. The van der Waals surface area contributed by atoms with Crippen LogP contribution in [0.2, 0.25) is 0 Å². The second-order valence-electron chi connectivity index (χ2n) is 2.50. The summed E-state index contributed by atoms with van der Waals surface area (Å²) in [5, 5.41) is 6.44. The predicted molar refractivity (Wildman–Crippen MR) is 53.0 cm³/mol. The molecule has 0 saturated carbocycles. The molecule has 0 unspecified atom stereocenters. The number of nitrogens with zero attached hydrogens (tertiary/aromatic N) is 2. The molecular weight excluding hydrogens is 234 g/mol. The quantitative estimate of drug-likeness (QED) is 0.791. The largest absolute Gasteiger partial charge is 0.330 e. The number of nitrogens with two attached hydrogens (primary N) is 1. The SMILES string of the molecule is NCCCc1nc(C(Cl)(Cl)Cl)n[nH]1. The molecule has 0 radical (unpaired) electrons. The summed E-state index contributed by atoms with van der Waals surface area (Å²) >= 11 is 16.7. The van der Waals surface area contributed by atoms with Gasteiger partial charge in [-0.15, -0.1) is 0 Å². The van der Waals surface area contributed by atoms with Crippen molar-refractivity contribution in [1.29, 1.82) is 0 Å². The van der Waals surface area contributed by atoms with Crippen LogP contribution >= 0.6 is 34.8 Å². The van der Waals surface area contributed by atoms with E-state index in [9.17, 15) is 0 Å². The first-order chi connectivity index (χ1) is 6.04. The highest BCUT2D eigenvalue weighted by atomic mass is 35.6.